The lowest BCUT2D eigenvalue weighted by Crippen LogP contribution is -2.33. The Bertz CT molecular complexity index is 667. The van der Waals surface area contributed by atoms with Gasteiger partial charge < -0.3 is 14.9 Å². The van der Waals surface area contributed by atoms with Crippen molar-refractivity contribution >= 4 is 5.91 Å². The summed E-state index contributed by atoms with van der Waals surface area (Å²) in [6.45, 7) is 1.89. The minimum Gasteiger partial charge on any atom is -0.388 e. The molecular formula is C18H23N3O3. The topological polar surface area (TPSA) is 88.2 Å². The van der Waals surface area contributed by atoms with Gasteiger partial charge in [0.05, 0.1) is 6.10 Å². The molecule has 24 heavy (non-hydrogen) atoms. The Morgan fingerprint density at radius 2 is 2.12 bits per heavy atom. The molecule has 1 aromatic carbocycles. The normalized spacial score (nSPS) is 16.6. The van der Waals surface area contributed by atoms with Gasteiger partial charge in [0, 0.05) is 24.8 Å². The smallest absolute Gasteiger partial charge is 0.227 e. The predicted molar refractivity (Wildman–Crippen MR) is 88.2 cm³/mol. The quantitative estimate of drug-likeness (QED) is 0.777. The number of amides is 1. The van der Waals surface area contributed by atoms with E-state index in [2.05, 4.69) is 15.5 Å². The Kier molecular flexibility index (Phi) is 5.25. The number of hydrogen-bond acceptors (Lipinski definition) is 5. The molecule has 1 fully saturated rings. The highest BCUT2D eigenvalue weighted by Gasteiger charge is 2.28. The van der Waals surface area contributed by atoms with Gasteiger partial charge in [-0.25, -0.2) is 0 Å². The second kappa shape index (κ2) is 7.57. The number of aliphatic hydroxyl groups is 1. The van der Waals surface area contributed by atoms with Gasteiger partial charge in [-0.05, 0) is 31.7 Å². The molecule has 3 rings (SSSR count). The molecule has 0 bridgehead atoms. The van der Waals surface area contributed by atoms with Crippen LogP contribution >= 0.6 is 0 Å². The monoisotopic (exact) mass is 329 g/mol. The second-order valence-corrected chi connectivity index (χ2v) is 6.45. The summed E-state index contributed by atoms with van der Waals surface area (Å²) >= 11 is 0. The van der Waals surface area contributed by atoms with Crippen LogP contribution in [0.25, 0.3) is 0 Å². The van der Waals surface area contributed by atoms with E-state index in [0.717, 1.165) is 24.2 Å². The molecule has 6 nitrogen and oxygen atoms in total. The highest BCUT2D eigenvalue weighted by molar-refractivity contribution is 5.76. The first-order valence-electron chi connectivity index (χ1n) is 8.46. The van der Waals surface area contributed by atoms with Crippen LogP contribution in [0.5, 0.6) is 0 Å². The fourth-order valence-electron chi connectivity index (χ4n) is 2.65. The molecule has 2 N–H and O–H groups in total. The average molecular weight is 329 g/mol. The van der Waals surface area contributed by atoms with E-state index in [1.54, 1.807) is 0 Å². The number of carbonyl (C=O) groups excluding carboxylic acids is 1. The molecule has 6 heteroatoms. The van der Waals surface area contributed by atoms with Gasteiger partial charge in [0.1, 0.15) is 0 Å². The third kappa shape index (κ3) is 4.64. The number of benzene rings is 1. The highest BCUT2D eigenvalue weighted by Crippen LogP contribution is 2.38. The zero-order valence-electron chi connectivity index (χ0n) is 13.8. The number of hydrogen-bond donors (Lipinski definition) is 2. The molecule has 0 radical (unpaired) electrons. The van der Waals surface area contributed by atoms with Crippen LogP contribution in [-0.4, -0.2) is 27.2 Å². The van der Waals surface area contributed by atoms with Crippen LogP contribution in [0.4, 0.5) is 0 Å². The third-order valence-corrected chi connectivity index (χ3v) is 4.16. The van der Waals surface area contributed by atoms with Crippen molar-refractivity contribution < 1.29 is 14.4 Å². The molecule has 1 aromatic heterocycles. The van der Waals surface area contributed by atoms with E-state index in [9.17, 15) is 9.90 Å². The molecule has 1 heterocycles. The summed E-state index contributed by atoms with van der Waals surface area (Å²) in [6, 6.07) is 9.34. The summed E-state index contributed by atoms with van der Waals surface area (Å²) in [7, 11) is 0. The van der Waals surface area contributed by atoms with Crippen LogP contribution in [0.2, 0.25) is 0 Å². The summed E-state index contributed by atoms with van der Waals surface area (Å²) in [6.07, 6.45) is 2.89. The van der Waals surface area contributed by atoms with E-state index >= 15 is 0 Å². The standard InChI is InChI=1S/C18H23N3O3/c1-12(11-15(22)13-5-3-2-4-6-13)19-16(23)9-10-17-20-18(21-24-17)14-7-8-14/h2-6,12,14-15,22H,7-11H2,1H3,(H,19,23). The second-order valence-electron chi connectivity index (χ2n) is 6.45. The molecule has 2 aromatic rings. The fourth-order valence-corrected chi connectivity index (χ4v) is 2.65. The molecular weight excluding hydrogens is 306 g/mol. The Labute approximate surface area is 141 Å². The molecule has 1 aliphatic carbocycles. The Balaban J connectivity index is 1.40. The Hall–Kier alpha value is -2.21. The minimum absolute atomic E-state index is 0.0751. The SMILES string of the molecule is CC(CC(O)c1ccccc1)NC(=O)CCc1nc(C2CC2)no1. The van der Waals surface area contributed by atoms with Crippen LogP contribution in [-0.2, 0) is 11.2 Å². The van der Waals surface area contributed by atoms with Gasteiger partial charge in [0.2, 0.25) is 11.8 Å². The van der Waals surface area contributed by atoms with Crippen molar-refractivity contribution in [2.24, 2.45) is 0 Å². The molecule has 1 amide bonds. The maximum Gasteiger partial charge on any atom is 0.227 e. The van der Waals surface area contributed by atoms with Crippen molar-refractivity contribution in [3.63, 3.8) is 0 Å². The number of nitrogens with zero attached hydrogens (tertiary/aromatic N) is 2. The Morgan fingerprint density at radius 3 is 2.83 bits per heavy atom. The van der Waals surface area contributed by atoms with Gasteiger partial charge >= 0.3 is 0 Å². The van der Waals surface area contributed by atoms with Crippen molar-refractivity contribution in [3.8, 4) is 0 Å². The van der Waals surface area contributed by atoms with Crippen molar-refractivity contribution in [3.05, 3.63) is 47.6 Å². The van der Waals surface area contributed by atoms with Crippen molar-refractivity contribution in [2.75, 3.05) is 0 Å². The van der Waals surface area contributed by atoms with Crippen molar-refractivity contribution in [1.29, 1.82) is 0 Å². The largest absolute Gasteiger partial charge is 0.388 e. The van der Waals surface area contributed by atoms with E-state index in [4.69, 9.17) is 4.52 Å². The molecule has 1 aliphatic rings. The van der Waals surface area contributed by atoms with E-state index < -0.39 is 6.10 Å². The van der Waals surface area contributed by atoms with E-state index in [-0.39, 0.29) is 11.9 Å². The third-order valence-electron chi connectivity index (χ3n) is 4.16. The van der Waals surface area contributed by atoms with Gasteiger partial charge in [-0.3, -0.25) is 4.79 Å². The van der Waals surface area contributed by atoms with Crippen LogP contribution in [0.3, 0.4) is 0 Å². The average Bonchev–Trinajstić information content (AvgIpc) is 3.32. The first-order chi connectivity index (χ1) is 11.6. The van der Waals surface area contributed by atoms with E-state index in [1.165, 1.54) is 0 Å². The maximum absolute atomic E-state index is 12.0. The van der Waals surface area contributed by atoms with Gasteiger partial charge in [0.25, 0.3) is 0 Å². The number of aliphatic hydroxyl groups excluding tert-OH is 1. The summed E-state index contributed by atoms with van der Waals surface area (Å²) in [5, 5.41) is 17.0. The number of aryl methyl sites for hydroxylation is 1. The van der Waals surface area contributed by atoms with E-state index in [0.29, 0.717) is 31.1 Å². The number of nitrogens with one attached hydrogen (secondary N) is 1. The predicted octanol–water partition coefficient (Wildman–Crippen LogP) is 2.51. The van der Waals surface area contributed by atoms with Crippen LogP contribution in [0.1, 0.15) is 61.9 Å². The summed E-state index contributed by atoms with van der Waals surface area (Å²) in [4.78, 5) is 16.3. The number of aromatic nitrogens is 2. The zero-order valence-corrected chi connectivity index (χ0v) is 13.8. The first-order valence-corrected chi connectivity index (χ1v) is 8.46. The fraction of sp³-hybridized carbons (Fsp3) is 0.500. The molecule has 2 atom stereocenters. The first kappa shape index (κ1) is 16.6. The molecule has 1 saturated carbocycles. The summed E-state index contributed by atoms with van der Waals surface area (Å²) in [5.74, 6) is 1.67. The maximum atomic E-state index is 12.0. The minimum atomic E-state index is -0.585. The molecule has 0 spiro atoms. The highest BCUT2D eigenvalue weighted by atomic mass is 16.5. The lowest BCUT2D eigenvalue weighted by Gasteiger charge is -2.18. The van der Waals surface area contributed by atoms with Gasteiger partial charge in [0.15, 0.2) is 5.82 Å². The summed E-state index contributed by atoms with van der Waals surface area (Å²) in [5.41, 5.74) is 0.858. The zero-order chi connectivity index (χ0) is 16.9. The molecule has 2 unspecified atom stereocenters. The Morgan fingerprint density at radius 1 is 1.38 bits per heavy atom. The van der Waals surface area contributed by atoms with Crippen LogP contribution < -0.4 is 5.32 Å². The summed E-state index contributed by atoms with van der Waals surface area (Å²) < 4.78 is 5.16. The van der Waals surface area contributed by atoms with Crippen LogP contribution in [0, 0.1) is 0 Å². The number of carbonyl (C=O) groups is 1. The van der Waals surface area contributed by atoms with Crippen LogP contribution in [0.15, 0.2) is 34.9 Å². The van der Waals surface area contributed by atoms with E-state index in [1.807, 2.05) is 37.3 Å². The van der Waals surface area contributed by atoms with Crippen molar-refractivity contribution in [1.82, 2.24) is 15.5 Å². The van der Waals surface area contributed by atoms with Gasteiger partial charge in [-0.1, -0.05) is 35.5 Å². The molecule has 0 aliphatic heterocycles. The molecule has 128 valence electrons. The van der Waals surface area contributed by atoms with Gasteiger partial charge in [-0.15, -0.1) is 0 Å². The molecule has 0 saturated heterocycles. The van der Waals surface area contributed by atoms with Crippen molar-refractivity contribution in [2.45, 2.75) is 57.1 Å². The lowest BCUT2D eigenvalue weighted by atomic mass is 10.0. The lowest BCUT2D eigenvalue weighted by molar-refractivity contribution is -0.121. The number of rotatable bonds is 8. The van der Waals surface area contributed by atoms with Gasteiger partial charge in [-0.2, -0.15) is 4.98 Å².